The van der Waals surface area contributed by atoms with Gasteiger partial charge in [0.2, 0.25) is 0 Å². The molecule has 0 aliphatic carbocycles. The summed E-state index contributed by atoms with van der Waals surface area (Å²) in [6, 6.07) is 7.09. The number of hydrogen-bond acceptors (Lipinski definition) is 3. The predicted molar refractivity (Wildman–Crippen MR) is 57.8 cm³/mol. The van der Waals surface area contributed by atoms with Crippen molar-refractivity contribution in [2.75, 3.05) is 7.11 Å². The summed E-state index contributed by atoms with van der Waals surface area (Å²) in [6.45, 7) is 0. The molecule has 0 aromatic heterocycles. The summed E-state index contributed by atoms with van der Waals surface area (Å²) in [5.41, 5.74) is 0.705. The van der Waals surface area contributed by atoms with Crippen molar-refractivity contribution < 1.29 is 9.84 Å². The third-order valence-corrected chi connectivity index (χ3v) is 2.39. The summed E-state index contributed by atoms with van der Waals surface area (Å²) < 4.78 is 4.99. The smallest absolute Gasteiger partial charge is 0.137 e. The van der Waals surface area contributed by atoms with Crippen LogP contribution in [0.5, 0.6) is 5.75 Å². The summed E-state index contributed by atoms with van der Waals surface area (Å²) in [5, 5.41) is 18.5. The number of rotatable bonds is 4. The standard InChI is InChI=1S/C11H12ClNO2/c1-15-11-5-4-8(7-9(11)12)10(14)3-2-6-13/h4-5,7,10,14H,2-3H2,1H3. The van der Waals surface area contributed by atoms with Gasteiger partial charge in [-0.05, 0) is 24.1 Å². The Morgan fingerprint density at radius 3 is 2.87 bits per heavy atom. The lowest BCUT2D eigenvalue weighted by molar-refractivity contribution is 0.169. The first kappa shape index (κ1) is 11.8. The molecule has 1 aromatic rings. The quantitative estimate of drug-likeness (QED) is 0.857. The fraction of sp³-hybridized carbons (Fsp3) is 0.364. The second kappa shape index (κ2) is 5.59. The van der Waals surface area contributed by atoms with Crippen LogP contribution in [0.2, 0.25) is 5.02 Å². The van der Waals surface area contributed by atoms with Crippen LogP contribution >= 0.6 is 11.6 Å². The minimum atomic E-state index is -0.645. The van der Waals surface area contributed by atoms with E-state index in [1.165, 1.54) is 7.11 Å². The fourth-order valence-corrected chi connectivity index (χ4v) is 1.52. The van der Waals surface area contributed by atoms with Gasteiger partial charge in [-0.2, -0.15) is 5.26 Å². The van der Waals surface area contributed by atoms with Crippen LogP contribution in [0.25, 0.3) is 0 Å². The molecule has 0 heterocycles. The van der Waals surface area contributed by atoms with Crippen molar-refractivity contribution in [3.63, 3.8) is 0 Å². The molecule has 0 bridgehead atoms. The molecule has 0 amide bonds. The second-order valence-electron chi connectivity index (χ2n) is 3.11. The highest BCUT2D eigenvalue weighted by atomic mass is 35.5. The number of hydrogen-bond donors (Lipinski definition) is 1. The van der Waals surface area contributed by atoms with Crippen LogP contribution in [0.1, 0.15) is 24.5 Å². The SMILES string of the molecule is COc1ccc(C(O)CCC#N)cc1Cl. The topological polar surface area (TPSA) is 53.2 Å². The maximum absolute atomic E-state index is 9.69. The van der Waals surface area contributed by atoms with Crippen LogP contribution in [-0.4, -0.2) is 12.2 Å². The van der Waals surface area contributed by atoms with E-state index in [1.54, 1.807) is 18.2 Å². The van der Waals surface area contributed by atoms with Crippen LogP contribution in [0, 0.1) is 11.3 Å². The minimum Gasteiger partial charge on any atom is -0.495 e. The lowest BCUT2D eigenvalue weighted by Gasteiger charge is -2.10. The lowest BCUT2D eigenvalue weighted by atomic mass is 10.1. The van der Waals surface area contributed by atoms with Crippen molar-refractivity contribution in [2.24, 2.45) is 0 Å². The number of methoxy groups -OCH3 is 1. The molecule has 0 radical (unpaired) electrons. The van der Waals surface area contributed by atoms with Gasteiger partial charge in [0, 0.05) is 6.42 Å². The number of benzene rings is 1. The summed E-state index contributed by atoms with van der Waals surface area (Å²) in [5.74, 6) is 0.577. The summed E-state index contributed by atoms with van der Waals surface area (Å²) in [7, 11) is 1.53. The Morgan fingerprint density at radius 2 is 2.33 bits per heavy atom. The molecule has 1 rings (SSSR count). The molecule has 15 heavy (non-hydrogen) atoms. The summed E-state index contributed by atoms with van der Waals surface area (Å²) in [6.07, 6.45) is 0.0947. The number of aliphatic hydroxyl groups is 1. The molecule has 0 spiro atoms. The fourth-order valence-electron chi connectivity index (χ4n) is 1.26. The molecule has 1 atom stereocenters. The molecule has 80 valence electrons. The monoisotopic (exact) mass is 225 g/mol. The highest BCUT2D eigenvalue weighted by Gasteiger charge is 2.09. The van der Waals surface area contributed by atoms with E-state index in [0.29, 0.717) is 29.2 Å². The first-order chi connectivity index (χ1) is 7.19. The van der Waals surface area contributed by atoms with Crippen LogP contribution in [0.3, 0.4) is 0 Å². The molecule has 0 aliphatic heterocycles. The van der Waals surface area contributed by atoms with Crippen LogP contribution < -0.4 is 4.74 Å². The molecular formula is C11H12ClNO2. The predicted octanol–water partition coefficient (Wildman–Crippen LogP) is 2.69. The van der Waals surface area contributed by atoms with Gasteiger partial charge >= 0.3 is 0 Å². The van der Waals surface area contributed by atoms with Gasteiger partial charge in [0.25, 0.3) is 0 Å². The average Bonchev–Trinajstić information content (AvgIpc) is 2.25. The average molecular weight is 226 g/mol. The number of ether oxygens (including phenoxy) is 1. The van der Waals surface area contributed by atoms with Crippen LogP contribution in [-0.2, 0) is 0 Å². The molecule has 1 aromatic carbocycles. The van der Waals surface area contributed by atoms with Gasteiger partial charge in [0.15, 0.2) is 0 Å². The third-order valence-electron chi connectivity index (χ3n) is 2.09. The van der Waals surface area contributed by atoms with Gasteiger partial charge in [-0.25, -0.2) is 0 Å². The normalized spacial score (nSPS) is 11.9. The number of aliphatic hydroxyl groups excluding tert-OH is 1. The highest BCUT2D eigenvalue weighted by molar-refractivity contribution is 6.32. The van der Waals surface area contributed by atoms with E-state index in [2.05, 4.69) is 0 Å². The lowest BCUT2D eigenvalue weighted by Crippen LogP contribution is -1.97. The number of nitrogens with zero attached hydrogens (tertiary/aromatic N) is 1. The van der Waals surface area contributed by atoms with Gasteiger partial charge in [0.1, 0.15) is 5.75 Å². The maximum atomic E-state index is 9.69. The Kier molecular flexibility index (Phi) is 4.41. The Balaban J connectivity index is 2.79. The second-order valence-corrected chi connectivity index (χ2v) is 3.51. The summed E-state index contributed by atoms with van der Waals surface area (Å²) >= 11 is 5.91. The van der Waals surface area contributed by atoms with Gasteiger partial charge < -0.3 is 9.84 Å². The molecule has 0 aliphatic rings. The number of halogens is 1. The van der Waals surface area contributed by atoms with E-state index in [0.717, 1.165) is 0 Å². The third kappa shape index (κ3) is 3.12. The molecular weight excluding hydrogens is 214 g/mol. The molecule has 3 nitrogen and oxygen atoms in total. The van der Waals surface area contributed by atoms with E-state index >= 15 is 0 Å². The van der Waals surface area contributed by atoms with Gasteiger partial charge in [-0.15, -0.1) is 0 Å². The summed E-state index contributed by atoms with van der Waals surface area (Å²) in [4.78, 5) is 0. The highest BCUT2D eigenvalue weighted by Crippen LogP contribution is 2.28. The largest absolute Gasteiger partial charge is 0.495 e. The van der Waals surface area contributed by atoms with Crippen LogP contribution in [0.15, 0.2) is 18.2 Å². The van der Waals surface area contributed by atoms with Crippen molar-refractivity contribution in [1.29, 1.82) is 5.26 Å². The minimum absolute atomic E-state index is 0.324. The maximum Gasteiger partial charge on any atom is 0.137 e. The van der Waals surface area contributed by atoms with Crippen molar-refractivity contribution in [1.82, 2.24) is 0 Å². The van der Waals surface area contributed by atoms with E-state index in [4.69, 9.17) is 21.6 Å². The van der Waals surface area contributed by atoms with Gasteiger partial charge in [-0.3, -0.25) is 0 Å². The zero-order valence-corrected chi connectivity index (χ0v) is 9.16. The van der Waals surface area contributed by atoms with E-state index in [-0.39, 0.29) is 0 Å². The molecule has 0 saturated heterocycles. The molecule has 1 unspecified atom stereocenters. The van der Waals surface area contributed by atoms with Crippen molar-refractivity contribution in [3.05, 3.63) is 28.8 Å². The zero-order chi connectivity index (χ0) is 11.3. The van der Waals surface area contributed by atoms with E-state index in [9.17, 15) is 5.11 Å². The Morgan fingerprint density at radius 1 is 1.60 bits per heavy atom. The molecule has 4 heteroatoms. The molecule has 1 N–H and O–H groups in total. The first-order valence-electron chi connectivity index (χ1n) is 4.57. The Bertz CT molecular complexity index is 373. The van der Waals surface area contributed by atoms with E-state index < -0.39 is 6.10 Å². The zero-order valence-electron chi connectivity index (χ0n) is 8.40. The van der Waals surface area contributed by atoms with Crippen molar-refractivity contribution >= 4 is 11.6 Å². The van der Waals surface area contributed by atoms with Crippen molar-refractivity contribution in [2.45, 2.75) is 18.9 Å². The Hall–Kier alpha value is -1.24. The Labute approximate surface area is 93.9 Å². The van der Waals surface area contributed by atoms with Crippen LogP contribution in [0.4, 0.5) is 0 Å². The first-order valence-corrected chi connectivity index (χ1v) is 4.95. The molecule has 0 saturated carbocycles. The number of nitriles is 1. The van der Waals surface area contributed by atoms with E-state index in [1.807, 2.05) is 6.07 Å². The molecule has 0 fully saturated rings. The van der Waals surface area contributed by atoms with Gasteiger partial charge in [0.05, 0.1) is 24.3 Å². The van der Waals surface area contributed by atoms with Gasteiger partial charge in [-0.1, -0.05) is 17.7 Å². The van der Waals surface area contributed by atoms with Crippen molar-refractivity contribution in [3.8, 4) is 11.8 Å².